The van der Waals surface area contributed by atoms with Crippen LogP contribution in [0.2, 0.25) is 0 Å². The Morgan fingerprint density at radius 2 is 1.72 bits per heavy atom. The van der Waals surface area contributed by atoms with Crippen molar-refractivity contribution in [2.24, 2.45) is 0 Å². The Balaban J connectivity index is 1.23. The molecule has 2 N–H and O–H groups in total. The van der Waals surface area contributed by atoms with Crippen molar-refractivity contribution < 1.29 is 9.59 Å². The number of nitrogens with zero attached hydrogens (tertiary/aromatic N) is 2. The van der Waals surface area contributed by atoms with Gasteiger partial charge in [0.25, 0.3) is 5.91 Å². The molecule has 0 aliphatic heterocycles. The Bertz CT molecular complexity index is 1290. The minimum Gasteiger partial charge on any atom is -0.337 e. The van der Waals surface area contributed by atoms with Crippen molar-refractivity contribution in [2.75, 3.05) is 10.6 Å². The summed E-state index contributed by atoms with van der Waals surface area (Å²) in [6, 6.07) is 21.4. The predicted octanol–water partition coefficient (Wildman–Crippen LogP) is 4.74. The lowest BCUT2D eigenvalue weighted by molar-refractivity contribution is -0.116. The van der Waals surface area contributed by atoms with Gasteiger partial charge in [0.15, 0.2) is 0 Å². The molecule has 6 nitrogen and oxygen atoms in total. The Morgan fingerprint density at radius 3 is 2.59 bits per heavy atom. The monoisotopic (exact) mass is 422 g/mol. The molecule has 0 spiro atoms. The number of aryl methyl sites for hydroxylation is 1. The Kier molecular flexibility index (Phi) is 5.25. The number of rotatable bonds is 6. The first-order valence-corrected chi connectivity index (χ1v) is 10.5. The van der Waals surface area contributed by atoms with Crippen molar-refractivity contribution in [1.82, 2.24) is 9.55 Å². The molecule has 158 valence electrons. The maximum absolute atomic E-state index is 12.8. The molecule has 1 aromatic heterocycles. The number of imidazole rings is 1. The number of amides is 2. The van der Waals surface area contributed by atoms with E-state index in [1.807, 2.05) is 29.0 Å². The van der Waals surface area contributed by atoms with Crippen LogP contribution in [0.3, 0.4) is 0 Å². The van der Waals surface area contributed by atoms with Gasteiger partial charge in [-0.1, -0.05) is 36.4 Å². The number of carbonyl (C=O) groups excluding carboxylic acids is 2. The van der Waals surface area contributed by atoms with E-state index in [-0.39, 0.29) is 11.8 Å². The molecule has 0 fully saturated rings. The molecule has 4 aromatic rings. The number of aromatic nitrogens is 2. The lowest BCUT2D eigenvalue weighted by atomic mass is 10.1. The van der Waals surface area contributed by atoms with Crippen LogP contribution in [0.1, 0.15) is 27.9 Å². The van der Waals surface area contributed by atoms with E-state index < -0.39 is 0 Å². The van der Waals surface area contributed by atoms with Gasteiger partial charge in [0.05, 0.1) is 6.33 Å². The molecule has 0 radical (unpaired) electrons. The molecular weight excluding hydrogens is 400 g/mol. The van der Waals surface area contributed by atoms with Crippen LogP contribution in [0, 0.1) is 0 Å². The number of benzene rings is 3. The zero-order chi connectivity index (χ0) is 21.9. The van der Waals surface area contributed by atoms with Crippen molar-refractivity contribution in [1.29, 1.82) is 0 Å². The average molecular weight is 422 g/mol. The summed E-state index contributed by atoms with van der Waals surface area (Å²) in [7, 11) is 0. The van der Waals surface area contributed by atoms with E-state index in [1.54, 1.807) is 36.8 Å². The van der Waals surface area contributed by atoms with E-state index in [2.05, 4.69) is 39.9 Å². The highest BCUT2D eigenvalue weighted by molar-refractivity contribution is 6.05. The van der Waals surface area contributed by atoms with Gasteiger partial charge in [-0.25, -0.2) is 4.98 Å². The van der Waals surface area contributed by atoms with Gasteiger partial charge in [0.1, 0.15) is 0 Å². The predicted molar refractivity (Wildman–Crippen MR) is 125 cm³/mol. The number of anilines is 2. The van der Waals surface area contributed by atoms with Gasteiger partial charge in [0.2, 0.25) is 5.91 Å². The summed E-state index contributed by atoms with van der Waals surface area (Å²) < 4.78 is 1.85. The Hall–Kier alpha value is -4.19. The zero-order valence-electron chi connectivity index (χ0n) is 17.4. The first-order chi connectivity index (χ1) is 15.7. The van der Waals surface area contributed by atoms with Crippen molar-refractivity contribution in [3.63, 3.8) is 0 Å². The van der Waals surface area contributed by atoms with E-state index in [1.165, 1.54) is 22.3 Å². The van der Waals surface area contributed by atoms with E-state index in [0.717, 1.165) is 12.1 Å². The van der Waals surface area contributed by atoms with Crippen LogP contribution < -0.4 is 10.6 Å². The number of hydrogen-bond acceptors (Lipinski definition) is 3. The highest BCUT2D eigenvalue weighted by atomic mass is 16.2. The minimum absolute atomic E-state index is 0.116. The second-order valence-electron chi connectivity index (χ2n) is 7.84. The second kappa shape index (κ2) is 8.51. The van der Waals surface area contributed by atoms with Crippen molar-refractivity contribution in [3.05, 3.63) is 102 Å². The summed E-state index contributed by atoms with van der Waals surface area (Å²) in [6.07, 6.45) is 6.37. The first kappa shape index (κ1) is 19.8. The van der Waals surface area contributed by atoms with Crippen molar-refractivity contribution in [3.8, 4) is 11.1 Å². The molecule has 1 aliphatic carbocycles. The third-order valence-corrected chi connectivity index (χ3v) is 5.62. The van der Waals surface area contributed by atoms with Crippen LogP contribution in [-0.2, 0) is 17.8 Å². The Morgan fingerprint density at radius 1 is 0.875 bits per heavy atom. The smallest absolute Gasteiger partial charge is 0.255 e. The van der Waals surface area contributed by atoms with Gasteiger partial charge in [-0.05, 0) is 59.0 Å². The SMILES string of the molecule is O=C(CCn1ccnc1)Nc1cccc(C(=O)Nc2ccc3c(c2)Cc2ccccc2-3)c1. The molecule has 5 rings (SSSR count). The molecule has 1 heterocycles. The molecule has 32 heavy (non-hydrogen) atoms. The summed E-state index contributed by atoms with van der Waals surface area (Å²) in [5, 5.41) is 5.83. The molecule has 0 saturated heterocycles. The van der Waals surface area contributed by atoms with Gasteiger partial charge >= 0.3 is 0 Å². The van der Waals surface area contributed by atoms with Crippen LogP contribution in [0.25, 0.3) is 11.1 Å². The first-order valence-electron chi connectivity index (χ1n) is 10.5. The molecule has 3 aromatic carbocycles. The molecule has 0 bridgehead atoms. The van der Waals surface area contributed by atoms with Gasteiger partial charge < -0.3 is 15.2 Å². The molecule has 2 amide bonds. The maximum atomic E-state index is 12.8. The van der Waals surface area contributed by atoms with Crippen molar-refractivity contribution >= 4 is 23.2 Å². The van der Waals surface area contributed by atoms with Crippen LogP contribution in [0.5, 0.6) is 0 Å². The molecule has 1 aliphatic rings. The lowest BCUT2D eigenvalue weighted by Crippen LogP contribution is -2.15. The van der Waals surface area contributed by atoms with E-state index in [4.69, 9.17) is 0 Å². The number of hydrogen-bond donors (Lipinski definition) is 2. The largest absolute Gasteiger partial charge is 0.337 e. The number of fused-ring (bicyclic) bond motifs is 3. The topological polar surface area (TPSA) is 76.0 Å². The van der Waals surface area contributed by atoms with Crippen molar-refractivity contribution in [2.45, 2.75) is 19.4 Å². The van der Waals surface area contributed by atoms with Gasteiger partial charge in [0, 0.05) is 42.3 Å². The van der Waals surface area contributed by atoms with Crippen LogP contribution in [0.15, 0.2) is 85.5 Å². The summed E-state index contributed by atoms with van der Waals surface area (Å²) in [5.74, 6) is -0.329. The fourth-order valence-corrected chi connectivity index (χ4v) is 4.04. The standard InChI is InChI=1S/C26H22N4O2/c31-25(10-12-30-13-11-27-17-30)28-21-6-3-5-19(15-21)26(32)29-22-8-9-24-20(16-22)14-18-4-1-2-7-23(18)24/h1-9,11,13,15-17H,10,12,14H2,(H,28,31)(H,29,32). The van der Waals surface area contributed by atoms with E-state index in [9.17, 15) is 9.59 Å². The molecule has 0 saturated carbocycles. The molecule has 0 unspecified atom stereocenters. The highest BCUT2D eigenvalue weighted by Gasteiger charge is 2.18. The van der Waals surface area contributed by atoms with E-state index >= 15 is 0 Å². The van der Waals surface area contributed by atoms with Crippen LogP contribution >= 0.6 is 0 Å². The lowest BCUT2D eigenvalue weighted by Gasteiger charge is -2.10. The fourth-order valence-electron chi connectivity index (χ4n) is 4.04. The summed E-state index contributed by atoms with van der Waals surface area (Å²) in [6.45, 7) is 0.550. The third kappa shape index (κ3) is 4.16. The van der Waals surface area contributed by atoms with Gasteiger partial charge in [-0.15, -0.1) is 0 Å². The van der Waals surface area contributed by atoms with E-state index in [0.29, 0.717) is 24.2 Å². The maximum Gasteiger partial charge on any atom is 0.255 e. The summed E-state index contributed by atoms with van der Waals surface area (Å²) in [4.78, 5) is 29.0. The number of nitrogens with one attached hydrogen (secondary N) is 2. The van der Waals surface area contributed by atoms with Gasteiger partial charge in [-0.2, -0.15) is 0 Å². The van der Waals surface area contributed by atoms with Crippen LogP contribution in [-0.4, -0.2) is 21.4 Å². The second-order valence-corrected chi connectivity index (χ2v) is 7.84. The summed E-state index contributed by atoms with van der Waals surface area (Å²) in [5.41, 5.74) is 6.84. The summed E-state index contributed by atoms with van der Waals surface area (Å²) >= 11 is 0. The molecular formula is C26H22N4O2. The zero-order valence-corrected chi connectivity index (χ0v) is 17.4. The van der Waals surface area contributed by atoms with Crippen LogP contribution in [0.4, 0.5) is 11.4 Å². The minimum atomic E-state index is -0.213. The normalized spacial score (nSPS) is 11.5. The third-order valence-electron chi connectivity index (χ3n) is 5.62. The molecule has 0 atom stereocenters. The average Bonchev–Trinajstić information content (AvgIpc) is 3.45. The van der Waals surface area contributed by atoms with Gasteiger partial charge in [-0.3, -0.25) is 9.59 Å². The molecule has 6 heteroatoms. The Labute approximate surface area is 185 Å². The number of carbonyl (C=O) groups is 2. The fraction of sp³-hybridized carbons (Fsp3) is 0.115. The quantitative estimate of drug-likeness (QED) is 0.415. The highest BCUT2D eigenvalue weighted by Crippen LogP contribution is 2.37.